The maximum absolute atomic E-state index is 14.4. The Labute approximate surface area is 249 Å². The Hall–Kier alpha value is -4.54. The fourth-order valence-electron chi connectivity index (χ4n) is 6.67. The van der Waals surface area contributed by atoms with Gasteiger partial charge in [-0.25, -0.2) is 0 Å². The Kier molecular flexibility index (Phi) is 6.95. The third-order valence-corrected chi connectivity index (χ3v) is 8.67. The number of para-hydroxylation sites is 3. The van der Waals surface area contributed by atoms with Crippen molar-refractivity contribution < 1.29 is 24.2 Å². The number of ether oxygens (including phenoxy) is 2. The summed E-state index contributed by atoms with van der Waals surface area (Å²) in [5.74, 6) is 0.431. The molecule has 43 heavy (non-hydrogen) atoms. The van der Waals surface area contributed by atoms with Crippen molar-refractivity contribution in [1.82, 2.24) is 15.0 Å². The molecule has 1 fully saturated rings. The highest BCUT2D eigenvalue weighted by atomic mass is 16.5. The van der Waals surface area contributed by atoms with Crippen LogP contribution in [0.15, 0.2) is 79.0 Å². The molecule has 1 spiro atoms. The molecule has 10 nitrogen and oxygen atoms in total. The second-order valence-electron chi connectivity index (χ2n) is 11.4. The molecule has 10 heteroatoms. The molecule has 1 saturated heterocycles. The van der Waals surface area contributed by atoms with Crippen LogP contribution in [0.2, 0.25) is 0 Å². The van der Waals surface area contributed by atoms with Crippen molar-refractivity contribution in [2.75, 3.05) is 23.0 Å². The zero-order valence-corrected chi connectivity index (χ0v) is 23.9. The monoisotopic (exact) mass is 579 g/mol. The predicted octanol–water partition coefficient (Wildman–Crippen LogP) is 4.13. The minimum atomic E-state index is -1.05. The molecule has 3 aromatic carbocycles. The van der Waals surface area contributed by atoms with Crippen LogP contribution in [0.1, 0.15) is 36.6 Å². The molecular formula is C33H33N5O5. The van der Waals surface area contributed by atoms with Crippen LogP contribution < -0.4 is 14.5 Å². The van der Waals surface area contributed by atoms with E-state index < -0.39 is 5.60 Å². The van der Waals surface area contributed by atoms with Crippen LogP contribution in [0.5, 0.6) is 5.75 Å². The lowest BCUT2D eigenvalue weighted by molar-refractivity contribution is -0.146. The maximum atomic E-state index is 14.4. The predicted molar refractivity (Wildman–Crippen MR) is 159 cm³/mol. The standard InChI is InChI=1S/C33H33N5O5/c1-22-17-26(13-15-36-20-24(14-16-39)34-35-36)43-33(22)27-9-2-3-10-28(27)37(32(33)41)19-23-7-6-8-25(18-23)38-29-11-4-5-12-30(29)42-21-31(38)40/h2-12,18,20,22,26,39H,13-17,19,21H2,1H3/t22-,26+,33+/m1/s1. The minimum absolute atomic E-state index is 0.0225. The number of benzene rings is 3. The molecule has 220 valence electrons. The van der Waals surface area contributed by atoms with Crippen LogP contribution in [0.4, 0.5) is 17.1 Å². The van der Waals surface area contributed by atoms with Crippen molar-refractivity contribution in [2.24, 2.45) is 5.92 Å². The second kappa shape index (κ2) is 10.9. The number of carbonyl (C=O) groups is 2. The topological polar surface area (TPSA) is 110 Å². The summed E-state index contributed by atoms with van der Waals surface area (Å²) in [4.78, 5) is 30.8. The van der Waals surface area contributed by atoms with E-state index in [9.17, 15) is 9.59 Å². The molecule has 7 rings (SSSR count). The fraction of sp³-hybridized carbons (Fsp3) is 0.333. The summed E-state index contributed by atoms with van der Waals surface area (Å²) < 4.78 is 14.1. The Balaban J connectivity index is 1.13. The molecule has 3 atom stereocenters. The number of carbonyl (C=O) groups excluding carboxylic acids is 2. The van der Waals surface area contributed by atoms with Crippen LogP contribution in [-0.4, -0.2) is 51.2 Å². The van der Waals surface area contributed by atoms with E-state index in [-0.39, 0.29) is 37.0 Å². The van der Waals surface area contributed by atoms with Gasteiger partial charge in [0.25, 0.3) is 11.8 Å². The molecule has 0 unspecified atom stereocenters. The van der Waals surface area contributed by atoms with Crippen molar-refractivity contribution in [1.29, 1.82) is 0 Å². The van der Waals surface area contributed by atoms with Gasteiger partial charge in [0.2, 0.25) is 0 Å². The highest BCUT2D eigenvalue weighted by molar-refractivity contribution is 6.07. The van der Waals surface area contributed by atoms with Crippen LogP contribution in [0.3, 0.4) is 0 Å². The summed E-state index contributed by atoms with van der Waals surface area (Å²) in [6.07, 6.45) is 3.65. The number of fused-ring (bicyclic) bond motifs is 3. The number of aliphatic hydroxyl groups is 1. The summed E-state index contributed by atoms with van der Waals surface area (Å²) in [5, 5.41) is 17.4. The van der Waals surface area contributed by atoms with Gasteiger partial charge in [0.05, 0.1) is 29.7 Å². The molecule has 0 radical (unpaired) electrons. The number of amides is 2. The van der Waals surface area contributed by atoms with E-state index in [1.54, 1.807) is 9.58 Å². The second-order valence-corrected chi connectivity index (χ2v) is 11.4. The highest BCUT2D eigenvalue weighted by Gasteiger charge is 2.59. The van der Waals surface area contributed by atoms with Crippen LogP contribution in [-0.2, 0) is 39.4 Å². The Morgan fingerprint density at radius 1 is 1.02 bits per heavy atom. The number of aromatic nitrogens is 3. The number of hydrogen-bond donors (Lipinski definition) is 1. The minimum Gasteiger partial charge on any atom is -0.482 e. The Bertz CT molecular complexity index is 1690. The van der Waals surface area contributed by atoms with Gasteiger partial charge in [0, 0.05) is 42.9 Å². The summed E-state index contributed by atoms with van der Waals surface area (Å²) in [6, 6.07) is 23.1. The zero-order valence-electron chi connectivity index (χ0n) is 23.9. The number of anilines is 3. The first-order valence-electron chi connectivity index (χ1n) is 14.7. The van der Waals surface area contributed by atoms with E-state index in [0.29, 0.717) is 37.4 Å². The lowest BCUT2D eigenvalue weighted by Crippen LogP contribution is -2.43. The SMILES string of the molecule is C[C@@H]1C[C@H](CCn2cc(CCO)nn2)O[C@@]12C(=O)N(Cc1cccc(N3C(=O)COc4ccccc43)c1)c1ccccc12. The summed E-state index contributed by atoms with van der Waals surface area (Å²) in [6.45, 7) is 3.06. The number of nitrogens with zero attached hydrogens (tertiary/aromatic N) is 5. The van der Waals surface area contributed by atoms with Crippen molar-refractivity contribution in [3.63, 3.8) is 0 Å². The first kappa shape index (κ1) is 27.3. The maximum Gasteiger partial charge on any atom is 0.269 e. The number of rotatable bonds is 8. The fourth-order valence-corrected chi connectivity index (χ4v) is 6.67. The van der Waals surface area contributed by atoms with Gasteiger partial charge >= 0.3 is 0 Å². The zero-order chi connectivity index (χ0) is 29.6. The molecule has 0 saturated carbocycles. The summed E-state index contributed by atoms with van der Waals surface area (Å²) in [7, 11) is 0. The third-order valence-electron chi connectivity index (χ3n) is 8.67. The van der Waals surface area contributed by atoms with Gasteiger partial charge in [0.15, 0.2) is 12.2 Å². The normalized spacial score (nSPS) is 22.7. The number of aliphatic hydroxyl groups excluding tert-OH is 1. The van der Waals surface area contributed by atoms with Gasteiger partial charge in [-0.05, 0) is 48.7 Å². The molecule has 0 aliphatic carbocycles. The van der Waals surface area contributed by atoms with E-state index in [0.717, 1.165) is 34.6 Å². The van der Waals surface area contributed by atoms with Crippen LogP contribution in [0, 0.1) is 5.92 Å². The number of hydrogen-bond acceptors (Lipinski definition) is 7. The summed E-state index contributed by atoms with van der Waals surface area (Å²) in [5.41, 5.74) is 3.78. The lowest BCUT2D eigenvalue weighted by atomic mass is 9.83. The molecule has 4 aromatic rings. The average Bonchev–Trinajstić information content (AvgIpc) is 3.68. The highest BCUT2D eigenvalue weighted by Crippen LogP contribution is 2.53. The summed E-state index contributed by atoms with van der Waals surface area (Å²) >= 11 is 0. The van der Waals surface area contributed by atoms with Crippen molar-refractivity contribution in [3.8, 4) is 5.75 Å². The van der Waals surface area contributed by atoms with Gasteiger partial charge in [-0.1, -0.05) is 54.6 Å². The van der Waals surface area contributed by atoms with E-state index in [2.05, 4.69) is 17.2 Å². The first-order chi connectivity index (χ1) is 21.0. The largest absolute Gasteiger partial charge is 0.482 e. The van der Waals surface area contributed by atoms with E-state index in [4.69, 9.17) is 14.6 Å². The van der Waals surface area contributed by atoms with Gasteiger partial charge in [0.1, 0.15) is 5.75 Å². The first-order valence-corrected chi connectivity index (χ1v) is 14.7. The molecule has 4 heterocycles. The van der Waals surface area contributed by atoms with E-state index >= 15 is 0 Å². The van der Waals surface area contributed by atoms with Gasteiger partial charge < -0.3 is 19.5 Å². The smallest absolute Gasteiger partial charge is 0.269 e. The number of aryl methyl sites for hydroxylation is 1. The molecule has 3 aliphatic heterocycles. The third kappa shape index (κ3) is 4.67. The van der Waals surface area contributed by atoms with Crippen molar-refractivity contribution >= 4 is 28.9 Å². The molecule has 2 amide bonds. The van der Waals surface area contributed by atoms with E-state index in [1.165, 1.54) is 0 Å². The van der Waals surface area contributed by atoms with Gasteiger partial charge in [-0.3, -0.25) is 19.2 Å². The van der Waals surface area contributed by atoms with E-state index in [1.807, 2.05) is 83.9 Å². The Morgan fingerprint density at radius 3 is 2.70 bits per heavy atom. The molecule has 1 aromatic heterocycles. The molecule has 1 N–H and O–H groups in total. The van der Waals surface area contributed by atoms with Gasteiger partial charge in [-0.15, -0.1) is 5.10 Å². The van der Waals surface area contributed by atoms with Crippen LogP contribution in [0.25, 0.3) is 0 Å². The van der Waals surface area contributed by atoms with Crippen LogP contribution >= 0.6 is 0 Å². The Morgan fingerprint density at radius 2 is 1.84 bits per heavy atom. The average molecular weight is 580 g/mol. The lowest BCUT2D eigenvalue weighted by Gasteiger charge is -2.30. The molecule has 0 bridgehead atoms. The van der Waals surface area contributed by atoms with Gasteiger partial charge in [-0.2, -0.15) is 0 Å². The van der Waals surface area contributed by atoms with Crippen molar-refractivity contribution in [2.45, 2.75) is 51.0 Å². The molecule has 3 aliphatic rings. The quantitative estimate of drug-likeness (QED) is 0.334. The molecular weight excluding hydrogens is 546 g/mol. The van der Waals surface area contributed by atoms with Crippen molar-refractivity contribution in [3.05, 3.63) is 95.8 Å².